The first kappa shape index (κ1) is 20.9. The van der Waals surface area contributed by atoms with Crippen LogP contribution in [0.5, 0.6) is 0 Å². The summed E-state index contributed by atoms with van der Waals surface area (Å²) in [5.41, 5.74) is 1.28. The van der Waals surface area contributed by atoms with Crippen LogP contribution in [-0.2, 0) is 21.3 Å². The van der Waals surface area contributed by atoms with Gasteiger partial charge in [0.25, 0.3) is 0 Å². The van der Waals surface area contributed by atoms with Crippen molar-refractivity contribution in [3.8, 4) is 0 Å². The Morgan fingerprint density at radius 3 is 2.58 bits per heavy atom. The Morgan fingerprint density at radius 2 is 1.96 bits per heavy atom. The molecule has 7 heteroatoms. The molecule has 0 aliphatic heterocycles. The highest BCUT2D eigenvalue weighted by atomic mass is 32.1. The molecule has 2 N–H and O–H groups in total. The normalized spacial score (nSPS) is 12.5. The number of guanidine groups is 1. The van der Waals surface area contributed by atoms with Gasteiger partial charge in [-0.05, 0) is 6.42 Å². The molecule has 6 nitrogen and oxygen atoms in total. The van der Waals surface area contributed by atoms with Crippen LogP contribution in [0.25, 0.3) is 0 Å². The van der Waals surface area contributed by atoms with Crippen molar-refractivity contribution in [1.82, 2.24) is 15.6 Å². The molecule has 0 spiro atoms. The maximum absolute atomic E-state index is 5.43. The summed E-state index contributed by atoms with van der Waals surface area (Å²) in [6.07, 6.45) is 1.84. The van der Waals surface area contributed by atoms with Crippen molar-refractivity contribution in [1.29, 1.82) is 0 Å². The number of hydrogen-bond acceptors (Lipinski definition) is 5. The summed E-state index contributed by atoms with van der Waals surface area (Å²) in [6, 6.07) is 0. The van der Waals surface area contributed by atoms with Gasteiger partial charge in [-0.15, -0.1) is 11.3 Å². The number of aromatic nitrogens is 1. The minimum Gasteiger partial charge on any atom is -0.382 e. The van der Waals surface area contributed by atoms with Gasteiger partial charge in [0, 0.05) is 51.1 Å². The molecule has 0 aliphatic carbocycles. The Morgan fingerprint density at radius 1 is 1.21 bits per heavy atom. The third kappa shape index (κ3) is 8.61. The van der Waals surface area contributed by atoms with Crippen LogP contribution in [0.1, 0.15) is 37.9 Å². The van der Waals surface area contributed by atoms with E-state index in [1.54, 1.807) is 25.5 Å². The lowest BCUT2D eigenvalue weighted by molar-refractivity contribution is 0.0698. The molecule has 0 unspecified atom stereocenters. The Balaban J connectivity index is 2.17. The molecular formula is C17H32N4O2S. The Labute approximate surface area is 150 Å². The van der Waals surface area contributed by atoms with Crippen molar-refractivity contribution in [2.45, 2.75) is 39.0 Å². The summed E-state index contributed by atoms with van der Waals surface area (Å²) < 4.78 is 10.4. The number of methoxy groups -OCH3 is 1. The van der Waals surface area contributed by atoms with Gasteiger partial charge in [-0.1, -0.05) is 20.8 Å². The third-order valence-electron chi connectivity index (χ3n) is 3.36. The van der Waals surface area contributed by atoms with E-state index in [0.717, 1.165) is 43.5 Å². The van der Waals surface area contributed by atoms with Gasteiger partial charge in [-0.2, -0.15) is 0 Å². The molecule has 0 saturated carbocycles. The molecular weight excluding hydrogens is 324 g/mol. The van der Waals surface area contributed by atoms with Crippen molar-refractivity contribution in [3.05, 3.63) is 16.1 Å². The second kappa shape index (κ2) is 11.4. The molecule has 0 aliphatic rings. The zero-order chi connectivity index (χ0) is 17.8. The number of rotatable bonds is 10. The Bertz CT molecular complexity index is 483. The van der Waals surface area contributed by atoms with Crippen LogP contribution in [0.3, 0.4) is 0 Å². The zero-order valence-electron chi connectivity index (χ0n) is 15.6. The van der Waals surface area contributed by atoms with Gasteiger partial charge in [-0.3, -0.25) is 4.99 Å². The second-order valence-electron chi connectivity index (χ2n) is 6.51. The lowest BCUT2D eigenvalue weighted by Gasteiger charge is -2.14. The smallest absolute Gasteiger partial charge is 0.190 e. The number of hydrogen-bond donors (Lipinski definition) is 2. The van der Waals surface area contributed by atoms with Crippen molar-refractivity contribution < 1.29 is 9.47 Å². The van der Waals surface area contributed by atoms with E-state index in [-0.39, 0.29) is 5.41 Å². The van der Waals surface area contributed by atoms with E-state index >= 15 is 0 Å². The van der Waals surface area contributed by atoms with Crippen LogP contribution in [0.15, 0.2) is 10.4 Å². The van der Waals surface area contributed by atoms with Crippen molar-refractivity contribution in [3.63, 3.8) is 0 Å². The van der Waals surface area contributed by atoms with Crippen LogP contribution in [0.4, 0.5) is 0 Å². The fourth-order valence-corrected chi connectivity index (χ4v) is 2.93. The summed E-state index contributed by atoms with van der Waals surface area (Å²) in [4.78, 5) is 8.93. The predicted octanol–water partition coefficient (Wildman–Crippen LogP) is 2.20. The second-order valence-corrected chi connectivity index (χ2v) is 7.45. The van der Waals surface area contributed by atoms with E-state index in [0.29, 0.717) is 13.2 Å². The fraction of sp³-hybridized carbons (Fsp3) is 0.765. The van der Waals surface area contributed by atoms with Crippen LogP contribution >= 0.6 is 11.3 Å². The predicted molar refractivity (Wildman–Crippen MR) is 101 cm³/mol. The lowest BCUT2D eigenvalue weighted by Crippen LogP contribution is -2.39. The maximum atomic E-state index is 5.43. The summed E-state index contributed by atoms with van der Waals surface area (Å²) in [5, 5.41) is 9.93. The van der Waals surface area contributed by atoms with Crippen molar-refractivity contribution >= 4 is 17.3 Å². The zero-order valence-corrected chi connectivity index (χ0v) is 16.5. The summed E-state index contributed by atoms with van der Waals surface area (Å²) in [6.45, 7) is 10.2. The highest BCUT2D eigenvalue weighted by Crippen LogP contribution is 2.23. The standard InChI is InChI=1S/C17H32N4O2S/c1-17(2,3)14-13-24-15(21-14)7-9-20-16(18-4)19-8-6-10-23-12-11-22-5/h13H,6-12H2,1-5H3,(H2,18,19,20). The van der Waals surface area contributed by atoms with Gasteiger partial charge in [-0.25, -0.2) is 4.98 Å². The lowest BCUT2D eigenvalue weighted by atomic mass is 9.93. The molecule has 0 aromatic carbocycles. The first-order chi connectivity index (χ1) is 11.5. The summed E-state index contributed by atoms with van der Waals surface area (Å²) >= 11 is 1.73. The first-order valence-electron chi connectivity index (χ1n) is 8.43. The van der Waals surface area contributed by atoms with Gasteiger partial charge in [0.15, 0.2) is 5.96 Å². The van der Waals surface area contributed by atoms with E-state index < -0.39 is 0 Å². The number of nitrogens with zero attached hydrogens (tertiary/aromatic N) is 2. The topological polar surface area (TPSA) is 67.8 Å². The van der Waals surface area contributed by atoms with Crippen molar-refractivity contribution in [2.24, 2.45) is 4.99 Å². The molecule has 0 radical (unpaired) electrons. The van der Waals surface area contributed by atoms with Crippen LogP contribution < -0.4 is 10.6 Å². The molecule has 0 fully saturated rings. The SMILES string of the molecule is CN=C(NCCCOCCOC)NCCc1nc(C(C)(C)C)cs1. The van der Waals surface area contributed by atoms with Crippen LogP contribution in [0, 0.1) is 0 Å². The molecule has 1 heterocycles. The van der Waals surface area contributed by atoms with E-state index in [1.165, 1.54) is 5.69 Å². The van der Waals surface area contributed by atoms with Gasteiger partial charge in [0.1, 0.15) is 0 Å². The van der Waals surface area contributed by atoms with Crippen LogP contribution in [0.2, 0.25) is 0 Å². The van der Waals surface area contributed by atoms with E-state index in [9.17, 15) is 0 Å². The Hall–Kier alpha value is -1.18. The monoisotopic (exact) mass is 356 g/mol. The number of thiazole rings is 1. The number of ether oxygens (including phenoxy) is 2. The molecule has 0 amide bonds. The molecule has 1 aromatic heterocycles. The quantitative estimate of drug-likeness (QED) is 0.382. The van der Waals surface area contributed by atoms with Crippen molar-refractivity contribution in [2.75, 3.05) is 47.1 Å². The van der Waals surface area contributed by atoms with Gasteiger partial charge in [0.05, 0.1) is 23.9 Å². The van der Waals surface area contributed by atoms with Gasteiger partial charge in [0.2, 0.25) is 0 Å². The molecule has 1 aromatic rings. The maximum Gasteiger partial charge on any atom is 0.190 e. The highest BCUT2D eigenvalue weighted by molar-refractivity contribution is 7.09. The fourth-order valence-electron chi connectivity index (χ4n) is 1.90. The molecule has 1 rings (SSSR count). The van der Waals surface area contributed by atoms with Gasteiger partial charge >= 0.3 is 0 Å². The average molecular weight is 357 g/mol. The molecule has 138 valence electrons. The number of aliphatic imine (C=N–C) groups is 1. The minimum atomic E-state index is 0.116. The highest BCUT2D eigenvalue weighted by Gasteiger charge is 2.17. The largest absolute Gasteiger partial charge is 0.382 e. The first-order valence-corrected chi connectivity index (χ1v) is 9.31. The molecule has 0 atom stereocenters. The Kier molecular flexibility index (Phi) is 9.90. The van der Waals surface area contributed by atoms with Crippen LogP contribution in [-0.4, -0.2) is 58.0 Å². The summed E-state index contributed by atoms with van der Waals surface area (Å²) in [5.74, 6) is 0.819. The average Bonchev–Trinajstić information content (AvgIpc) is 3.01. The van der Waals surface area contributed by atoms with E-state index in [4.69, 9.17) is 14.5 Å². The van der Waals surface area contributed by atoms with Gasteiger partial charge < -0.3 is 20.1 Å². The molecule has 24 heavy (non-hydrogen) atoms. The molecule has 0 bridgehead atoms. The van der Waals surface area contributed by atoms with E-state index in [1.807, 2.05) is 0 Å². The third-order valence-corrected chi connectivity index (χ3v) is 4.27. The number of nitrogens with one attached hydrogen (secondary N) is 2. The summed E-state index contributed by atoms with van der Waals surface area (Å²) in [7, 11) is 3.46. The minimum absolute atomic E-state index is 0.116. The van der Waals surface area contributed by atoms with E-state index in [2.05, 4.69) is 41.8 Å². The molecule has 0 saturated heterocycles.